The molecule has 0 saturated heterocycles. The number of hydrogen-bond acceptors (Lipinski definition) is 1. The van der Waals surface area contributed by atoms with Crippen molar-refractivity contribution >= 4 is 28.4 Å². The zero-order valence-electron chi connectivity index (χ0n) is 12.8. The van der Waals surface area contributed by atoms with E-state index in [4.69, 9.17) is 11.6 Å². The summed E-state index contributed by atoms with van der Waals surface area (Å²) in [6.07, 6.45) is 0. The predicted molar refractivity (Wildman–Crippen MR) is 89.4 cm³/mol. The quantitative estimate of drug-likeness (QED) is 0.700. The van der Waals surface area contributed by atoms with E-state index in [1.165, 1.54) is 24.3 Å². The van der Waals surface area contributed by atoms with Gasteiger partial charge in [-0.05, 0) is 42.3 Å². The zero-order chi connectivity index (χ0) is 17.0. The summed E-state index contributed by atoms with van der Waals surface area (Å²) in [7, 11) is 0. The molecule has 0 aliphatic carbocycles. The summed E-state index contributed by atoms with van der Waals surface area (Å²) in [5.41, 5.74) is 3.05. The summed E-state index contributed by atoms with van der Waals surface area (Å²) in [5, 5.41) is 3.47. The maximum Gasteiger partial charge on any atom is 0.268 e. The lowest BCUT2D eigenvalue weighted by atomic mass is 10.0. The summed E-state index contributed by atoms with van der Waals surface area (Å²) in [5.74, 6) is -1.17. The van der Waals surface area contributed by atoms with Gasteiger partial charge >= 0.3 is 0 Å². The molecule has 24 heavy (non-hydrogen) atoms. The van der Waals surface area contributed by atoms with Crippen molar-refractivity contribution in [2.75, 3.05) is 6.54 Å². The van der Waals surface area contributed by atoms with E-state index in [0.29, 0.717) is 35.3 Å². The molecule has 1 N–H and O–H groups in total. The number of halogens is 3. The lowest BCUT2D eigenvalue weighted by molar-refractivity contribution is 0.0928. The van der Waals surface area contributed by atoms with Crippen molar-refractivity contribution < 1.29 is 13.6 Å². The summed E-state index contributed by atoms with van der Waals surface area (Å²) in [6.45, 7) is 2.88. The maximum absolute atomic E-state index is 14.2. The lowest BCUT2D eigenvalue weighted by Crippen LogP contribution is -2.35. The number of fused-ring (bicyclic) bond motifs is 3. The van der Waals surface area contributed by atoms with E-state index < -0.39 is 11.6 Å². The molecule has 0 unspecified atom stereocenters. The number of nitrogens with zero attached hydrogens (tertiary/aromatic N) is 1. The van der Waals surface area contributed by atoms with Crippen LogP contribution >= 0.6 is 11.6 Å². The zero-order valence-corrected chi connectivity index (χ0v) is 13.5. The van der Waals surface area contributed by atoms with Gasteiger partial charge in [0.05, 0.1) is 10.5 Å². The van der Waals surface area contributed by atoms with Crippen LogP contribution in [-0.4, -0.2) is 17.0 Å². The second-order valence-electron chi connectivity index (χ2n) is 5.86. The SMILES string of the molecule is Cc1c2n(c3c(-c4ccc(Cl)c(F)c4)cc(F)cc13)CCNC2=O. The minimum Gasteiger partial charge on any atom is -0.349 e. The van der Waals surface area contributed by atoms with Gasteiger partial charge in [0.25, 0.3) is 5.91 Å². The Kier molecular flexibility index (Phi) is 3.35. The summed E-state index contributed by atoms with van der Waals surface area (Å²) in [4.78, 5) is 12.2. The molecule has 0 bridgehead atoms. The first-order valence-corrected chi connectivity index (χ1v) is 7.91. The standard InChI is InChI=1S/C18H13ClF2N2O/c1-9-12-7-11(20)8-13(10-2-3-14(19)15(21)6-10)17(12)23-5-4-22-18(24)16(9)23/h2-3,6-8H,4-5H2,1H3,(H,22,24). The van der Waals surface area contributed by atoms with Gasteiger partial charge in [-0.15, -0.1) is 0 Å². The smallest absolute Gasteiger partial charge is 0.268 e. The first-order chi connectivity index (χ1) is 11.5. The van der Waals surface area contributed by atoms with Crippen molar-refractivity contribution in [2.24, 2.45) is 0 Å². The number of rotatable bonds is 1. The number of carbonyl (C=O) groups excluding carboxylic acids is 1. The van der Waals surface area contributed by atoms with E-state index >= 15 is 0 Å². The molecule has 1 aliphatic heterocycles. The van der Waals surface area contributed by atoms with Gasteiger partial charge in [-0.25, -0.2) is 8.78 Å². The molecule has 3 nitrogen and oxygen atoms in total. The third-order valence-corrected chi connectivity index (χ3v) is 4.75. The summed E-state index contributed by atoms with van der Waals surface area (Å²) < 4.78 is 29.9. The van der Waals surface area contributed by atoms with E-state index in [2.05, 4.69) is 5.32 Å². The number of amides is 1. The molecular weight excluding hydrogens is 334 g/mol. The van der Waals surface area contributed by atoms with Crippen molar-refractivity contribution in [1.29, 1.82) is 0 Å². The predicted octanol–water partition coefficient (Wildman–Crippen LogP) is 4.29. The highest BCUT2D eigenvalue weighted by molar-refractivity contribution is 6.30. The Morgan fingerprint density at radius 3 is 2.75 bits per heavy atom. The molecule has 1 amide bonds. The second kappa shape index (κ2) is 5.31. The molecule has 1 aliphatic rings. The molecule has 6 heteroatoms. The average Bonchev–Trinajstić information content (AvgIpc) is 2.83. The van der Waals surface area contributed by atoms with Crippen molar-refractivity contribution in [3.63, 3.8) is 0 Å². The van der Waals surface area contributed by atoms with Crippen LogP contribution in [0.3, 0.4) is 0 Å². The van der Waals surface area contributed by atoms with Crippen LogP contribution in [0.25, 0.3) is 22.0 Å². The first kappa shape index (κ1) is 15.1. The van der Waals surface area contributed by atoms with Crippen LogP contribution in [0.2, 0.25) is 5.02 Å². The molecular formula is C18H13ClF2N2O. The van der Waals surface area contributed by atoms with Gasteiger partial charge < -0.3 is 9.88 Å². The molecule has 2 aromatic carbocycles. The summed E-state index contributed by atoms with van der Waals surface area (Å²) in [6, 6.07) is 7.17. The Bertz CT molecular complexity index is 1010. The maximum atomic E-state index is 14.2. The fraction of sp³-hybridized carbons (Fsp3) is 0.167. The summed E-state index contributed by atoms with van der Waals surface area (Å²) >= 11 is 5.75. The molecule has 0 fully saturated rings. The van der Waals surface area contributed by atoms with Gasteiger partial charge in [-0.1, -0.05) is 17.7 Å². The fourth-order valence-corrected chi connectivity index (χ4v) is 3.50. The van der Waals surface area contributed by atoms with E-state index in [0.717, 1.165) is 11.1 Å². The van der Waals surface area contributed by atoms with Crippen LogP contribution in [0.15, 0.2) is 30.3 Å². The lowest BCUT2D eigenvalue weighted by Gasteiger charge is -2.18. The number of benzene rings is 2. The highest BCUT2D eigenvalue weighted by atomic mass is 35.5. The Hall–Kier alpha value is -2.40. The average molecular weight is 347 g/mol. The van der Waals surface area contributed by atoms with Gasteiger partial charge in [0.2, 0.25) is 0 Å². The number of carbonyl (C=O) groups is 1. The van der Waals surface area contributed by atoms with Gasteiger partial charge in [0.15, 0.2) is 0 Å². The van der Waals surface area contributed by atoms with Crippen LogP contribution < -0.4 is 5.32 Å². The number of hydrogen-bond donors (Lipinski definition) is 1. The van der Waals surface area contributed by atoms with Gasteiger partial charge in [0, 0.05) is 24.0 Å². The molecule has 0 atom stereocenters. The highest BCUT2D eigenvalue weighted by Crippen LogP contribution is 2.36. The Labute approximate surface area is 141 Å². The fourth-order valence-electron chi connectivity index (χ4n) is 3.38. The van der Waals surface area contributed by atoms with E-state index in [1.807, 2.05) is 4.57 Å². The van der Waals surface area contributed by atoms with E-state index in [-0.39, 0.29) is 10.9 Å². The van der Waals surface area contributed by atoms with Crippen molar-refractivity contribution in [3.8, 4) is 11.1 Å². The topological polar surface area (TPSA) is 34.0 Å². The van der Waals surface area contributed by atoms with Crippen molar-refractivity contribution in [1.82, 2.24) is 9.88 Å². The van der Waals surface area contributed by atoms with Gasteiger partial charge in [-0.2, -0.15) is 0 Å². The van der Waals surface area contributed by atoms with Gasteiger partial charge in [0.1, 0.15) is 17.3 Å². The van der Waals surface area contributed by atoms with E-state index in [1.54, 1.807) is 13.0 Å². The third kappa shape index (κ3) is 2.12. The van der Waals surface area contributed by atoms with Crippen LogP contribution in [0, 0.1) is 18.6 Å². The van der Waals surface area contributed by atoms with Crippen LogP contribution in [0.4, 0.5) is 8.78 Å². The van der Waals surface area contributed by atoms with Crippen molar-refractivity contribution in [3.05, 3.63) is 58.2 Å². The minimum absolute atomic E-state index is 0.0131. The first-order valence-electron chi connectivity index (χ1n) is 7.53. The van der Waals surface area contributed by atoms with Crippen LogP contribution in [0.5, 0.6) is 0 Å². The van der Waals surface area contributed by atoms with Gasteiger partial charge in [-0.3, -0.25) is 4.79 Å². The second-order valence-corrected chi connectivity index (χ2v) is 6.27. The molecule has 122 valence electrons. The molecule has 1 aromatic heterocycles. The Balaban J connectivity index is 2.10. The van der Waals surface area contributed by atoms with Crippen LogP contribution in [0.1, 0.15) is 16.1 Å². The highest BCUT2D eigenvalue weighted by Gasteiger charge is 2.26. The number of aryl methyl sites for hydroxylation is 1. The normalized spacial score (nSPS) is 13.9. The molecule has 0 spiro atoms. The minimum atomic E-state index is -0.563. The molecule has 0 radical (unpaired) electrons. The largest absolute Gasteiger partial charge is 0.349 e. The molecule has 3 aromatic rings. The Morgan fingerprint density at radius 2 is 2.00 bits per heavy atom. The number of aromatic nitrogens is 1. The molecule has 0 saturated carbocycles. The Morgan fingerprint density at radius 1 is 1.21 bits per heavy atom. The van der Waals surface area contributed by atoms with Crippen LogP contribution in [-0.2, 0) is 6.54 Å². The molecule has 2 heterocycles. The monoisotopic (exact) mass is 346 g/mol. The van der Waals surface area contributed by atoms with E-state index in [9.17, 15) is 13.6 Å². The number of nitrogens with one attached hydrogen (secondary N) is 1. The third-order valence-electron chi connectivity index (χ3n) is 4.44. The van der Waals surface area contributed by atoms with Crippen molar-refractivity contribution in [2.45, 2.75) is 13.5 Å². The molecule has 4 rings (SSSR count).